The molecule has 21 heavy (non-hydrogen) atoms. The first-order valence-electron chi connectivity index (χ1n) is 8.17. The van der Waals surface area contributed by atoms with Gasteiger partial charge in [-0.2, -0.15) is 0 Å². The summed E-state index contributed by atoms with van der Waals surface area (Å²) in [5.41, 5.74) is 1.32. The largest absolute Gasteiger partial charge is 0.488 e. The highest BCUT2D eigenvalue weighted by Gasteiger charge is 2.17. The number of piperazine rings is 1. The summed E-state index contributed by atoms with van der Waals surface area (Å²) in [6.07, 6.45) is 3.49. The van der Waals surface area contributed by atoms with Crippen LogP contribution in [0.3, 0.4) is 0 Å². The van der Waals surface area contributed by atoms with Gasteiger partial charge in [-0.1, -0.05) is 18.2 Å². The molecular formula is C17H26N2O2. The van der Waals surface area contributed by atoms with Gasteiger partial charge < -0.3 is 19.7 Å². The Hall–Kier alpha value is -1.10. The smallest absolute Gasteiger partial charge is 0.123 e. The Bertz CT molecular complexity index is 427. The molecule has 0 radical (unpaired) electrons. The van der Waals surface area contributed by atoms with Crippen LogP contribution in [0.25, 0.3) is 0 Å². The fourth-order valence-electron chi connectivity index (χ4n) is 3.02. The zero-order valence-electron chi connectivity index (χ0n) is 12.7. The zero-order valence-corrected chi connectivity index (χ0v) is 12.7. The highest BCUT2D eigenvalue weighted by molar-refractivity contribution is 5.33. The van der Waals surface area contributed by atoms with E-state index in [9.17, 15) is 0 Å². The highest BCUT2D eigenvalue weighted by atomic mass is 16.5. The molecule has 2 heterocycles. The third kappa shape index (κ3) is 4.43. The van der Waals surface area contributed by atoms with Crippen LogP contribution in [-0.4, -0.2) is 56.9 Å². The van der Waals surface area contributed by atoms with E-state index in [4.69, 9.17) is 9.47 Å². The number of hydrogen-bond acceptors (Lipinski definition) is 4. The van der Waals surface area contributed by atoms with Gasteiger partial charge in [0.1, 0.15) is 11.9 Å². The molecule has 4 nitrogen and oxygen atoms in total. The average molecular weight is 290 g/mol. The molecule has 0 aromatic heterocycles. The molecule has 2 saturated heterocycles. The number of hydrogen-bond donors (Lipinski definition) is 1. The molecule has 1 N–H and O–H groups in total. The molecular weight excluding hydrogens is 264 g/mol. The molecule has 0 spiro atoms. The van der Waals surface area contributed by atoms with Gasteiger partial charge in [0.05, 0.1) is 6.61 Å². The fourth-order valence-corrected chi connectivity index (χ4v) is 3.02. The standard InChI is InChI=1S/C17H26N2O2/c1-2-6-17(21-16-5-3-13-20-14-16)15(4-1)7-10-19-11-8-18-9-12-19/h1-2,4,6,16,18H,3,5,7-14H2. The quantitative estimate of drug-likeness (QED) is 0.895. The van der Waals surface area contributed by atoms with Crippen molar-refractivity contribution in [1.82, 2.24) is 10.2 Å². The first kappa shape index (κ1) is 14.8. The van der Waals surface area contributed by atoms with Crippen molar-refractivity contribution in [3.63, 3.8) is 0 Å². The lowest BCUT2D eigenvalue weighted by Gasteiger charge is -2.28. The summed E-state index contributed by atoms with van der Waals surface area (Å²) in [4.78, 5) is 2.52. The van der Waals surface area contributed by atoms with Gasteiger partial charge in [0, 0.05) is 39.3 Å². The van der Waals surface area contributed by atoms with Gasteiger partial charge in [0.25, 0.3) is 0 Å². The van der Waals surface area contributed by atoms with Gasteiger partial charge in [0.2, 0.25) is 0 Å². The van der Waals surface area contributed by atoms with Crippen LogP contribution < -0.4 is 10.1 Å². The second kappa shape index (κ2) is 7.78. The molecule has 1 unspecified atom stereocenters. The lowest BCUT2D eigenvalue weighted by molar-refractivity contribution is 0.00700. The van der Waals surface area contributed by atoms with Crippen LogP contribution >= 0.6 is 0 Å². The Morgan fingerprint density at radius 1 is 1.24 bits per heavy atom. The molecule has 2 aliphatic heterocycles. The number of benzene rings is 1. The SMILES string of the molecule is c1ccc(OC2CCCOC2)c(CCN2CCNCC2)c1. The molecule has 0 aliphatic carbocycles. The van der Waals surface area contributed by atoms with Crippen LogP contribution in [0.5, 0.6) is 5.75 Å². The molecule has 1 aromatic carbocycles. The monoisotopic (exact) mass is 290 g/mol. The van der Waals surface area contributed by atoms with Crippen LogP contribution in [0.15, 0.2) is 24.3 Å². The molecule has 1 atom stereocenters. The summed E-state index contributed by atoms with van der Waals surface area (Å²) in [6.45, 7) is 7.24. The molecule has 2 aliphatic rings. The number of nitrogens with zero attached hydrogens (tertiary/aromatic N) is 1. The maximum absolute atomic E-state index is 6.17. The first-order valence-corrected chi connectivity index (χ1v) is 8.17. The van der Waals surface area contributed by atoms with Gasteiger partial charge in [-0.25, -0.2) is 0 Å². The first-order chi connectivity index (χ1) is 10.4. The van der Waals surface area contributed by atoms with Gasteiger partial charge in [-0.3, -0.25) is 0 Å². The Kier molecular flexibility index (Phi) is 5.49. The minimum atomic E-state index is 0.221. The number of nitrogens with one attached hydrogen (secondary N) is 1. The number of rotatable bonds is 5. The third-order valence-electron chi connectivity index (χ3n) is 4.29. The summed E-state index contributed by atoms with van der Waals surface area (Å²) in [5, 5.41) is 3.40. The van der Waals surface area contributed by atoms with Gasteiger partial charge in [0.15, 0.2) is 0 Å². The molecule has 0 saturated carbocycles. The Morgan fingerprint density at radius 3 is 2.90 bits per heavy atom. The summed E-state index contributed by atoms with van der Waals surface area (Å²) in [5.74, 6) is 1.04. The van der Waals surface area contributed by atoms with Crippen LogP contribution in [-0.2, 0) is 11.2 Å². The molecule has 0 amide bonds. The second-order valence-corrected chi connectivity index (χ2v) is 5.91. The topological polar surface area (TPSA) is 33.7 Å². The summed E-state index contributed by atoms with van der Waals surface area (Å²) < 4.78 is 11.7. The van der Waals surface area contributed by atoms with E-state index >= 15 is 0 Å². The van der Waals surface area contributed by atoms with Gasteiger partial charge in [-0.15, -0.1) is 0 Å². The van der Waals surface area contributed by atoms with E-state index in [2.05, 4.69) is 34.5 Å². The average Bonchev–Trinajstić information content (AvgIpc) is 2.56. The summed E-state index contributed by atoms with van der Waals surface area (Å²) in [6, 6.07) is 8.47. The van der Waals surface area contributed by atoms with Crippen molar-refractivity contribution in [2.24, 2.45) is 0 Å². The van der Waals surface area contributed by atoms with Gasteiger partial charge >= 0.3 is 0 Å². The lowest BCUT2D eigenvalue weighted by Crippen LogP contribution is -2.44. The summed E-state index contributed by atoms with van der Waals surface area (Å²) in [7, 11) is 0. The zero-order chi connectivity index (χ0) is 14.3. The van der Waals surface area contributed by atoms with Crippen molar-refractivity contribution in [3.8, 4) is 5.75 Å². The molecule has 2 fully saturated rings. The minimum Gasteiger partial charge on any atom is -0.488 e. The van der Waals surface area contributed by atoms with E-state index in [1.807, 2.05) is 0 Å². The van der Waals surface area contributed by atoms with Crippen LogP contribution in [0, 0.1) is 0 Å². The molecule has 4 heteroatoms. The van der Waals surface area contributed by atoms with Crippen molar-refractivity contribution in [1.29, 1.82) is 0 Å². The van der Waals surface area contributed by atoms with Crippen LogP contribution in [0.2, 0.25) is 0 Å². The van der Waals surface area contributed by atoms with E-state index in [0.29, 0.717) is 0 Å². The normalized spacial score (nSPS) is 23.9. The van der Waals surface area contributed by atoms with Crippen LogP contribution in [0.1, 0.15) is 18.4 Å². The predicted octanol–water partition coefficient (Wildman–Crippen LogP) is 1.69. The number of para-hydroxylation sites is 1. The van der Waals surface area contributed by atoms with E-state index in [-0.39, 0.29) is 6.10 Å². The molecule has 0 bridgehead atoms. The van der Waals surface area contributed by atoms with Crippen molar-refractivity contribution < 1.29 is 9.47 Å². The number of ether oxygens (including phenoxy) is 2. The highest BCUT2D eigenvalue weighted by Crippen LogP contribution is 2.22. The van der Waals surface area contributed by atoms with E-state index in [1.54, 1.807) is 0 Å². The minimum absolute atomic E-state index is 0.221. The van der Waals surface area contributed by atoms with Crippen LogP contribution in [0.4, 0.5) is 0 Å². The predicted molar refractivity (Wildman–Crippen MR) is 83.9 cm³/mol. The maximum atomic E-state index is 6.17. The van der Waals surface area contributed by atoms with Crippen molar-refractivity contribution in [2.45, 2.75) is 25.4 Å². The van der Waals surface area contributed by atoms with Gasteiger partial charge in [-0.05, 0) is 30.9 Å². The van der Waals surface area contributed by atoms with Crippen molar-refractivity contribution in [2.75, 3.05) is 45.9 Å². The Labute approximate surface area is 127 Å². The van der Waals surface area contributed by atoms with Crippen molar-refractivity contribution >= 4 is 0 Å². The fraction of sp³-hybridized carbons (Fsp3) is 0.647. The van der Waals surface area contributed by atoms with E-state index < -0.39 is 0 Å². The lowest BCUT2D eigenvalue weighted by atomic mass is 10.1. The van der Waals surface area contributed by atoms with E-state index in [1.165, 1.54) is 5.56 Å². The second-order valence-electron chi connectivity index (χ2n) is 5.91. The third-order valence-corrected chi connectivity index (χ3v) is 4.29. The van der Waals surface area contributed by atoms with Crippen molar-refractivity contribution in [3.05, 3.63) is 29.8 Å². The molecule has 116 valence electrons. The maximum Gasteiger partial charge on any atom is 0.123 e. The molecule has 3 rings (SSSR count). The van der Waals surface area contributed by atoms with E-state index in [0.717, 1.165) is 70.9 Å². The Balaban J connectivity index is 1.56. The molecule has 1 aromatic rings. The Morgan fingerprint density at radius 2 is 2.10 bits per heavy atom. The summed E-state index contributed by atoms with van der Waals surface area (Å²) >= 11 is 0.